The van der Waals surface area contributed by atoms with Crippen LogP contribution >= 0.6 is 0 Å². The fourth-order valence-corrected chi connectivity index (χ4v) is 5.11. The van der Waals surface area contributed by atoms with E-state index in [2.05, 4.69) is 0 Å². The molecule has 184 valence electrons. The molecule has 0 aliphatic carbocycles. The monoisotopic (exact) mass is 511 g/mol. The molecule has 2 atom stereocenters. The van der Waals surface area contributed by atoms with Crippen molar-refractivity contribution in [2.45, 2.75) is 22.8 Å². The van der Waals surface area contributed by atoms with Crippen LogP contribution in [-0.2, 0) is 16.2 Å². The van der Waals surface area contributed by atoms with Crippen LogP contribution in [0.25, 0.3) is 0 Å². The highest BCUT2D eigenvalue weighted by molar-refractivity contribution is 7.89. The summed E-state index contributed by atoms with van der Waals surface area (Å²) in [6, 6.07) is 8.00. The lowest BCUT2D eigenvalue weighted by atomic mass is 10.0. The van der Waals surface area contributed by atoms with Crippen molar-refractivity contribution >= 4 is 16.0 Å². The van der Waals surface area contributed by atoms with Gasteiger partial charge in [-0.15, -0.1) is 0 Å². The Labute approximate surface area is 196 Å². The Morgan fingerprint density at radius 3 is 2.43 bits per heavy atom. The number of carboxylic acids is 1. The predicted molar refractivity (Wildman–Crippen MR) is 109 cm³/mol. The van der Waals surface area contributed by atoms with Crippen LogP contribution in [0.5, 0.6) is 5.75 Å². The van der Waals surface area contributed by atoms with E-state index in [0.717, 1.165) is 12.1 Å². The number of alkyl halides is 3. The fourth-order valence-electron chi connectivity index (χ4n) is 3.49. The number of carbonyl (C=O) groups is 1. The number of carboxylic acid groups (broad SMARTS) is 1. The van der Waals surface area contributed by atoms with E-state index in [1.807, 2.05) is 0 Å². The van der Waals surface area contributed by atoms with Gasteiger partial charge in [-0.2, -0.15) is 28.0 Å². The number of aliphatic hydroxyl groups excluding tert-OH is 1. The van der Waals surface area contributed by atoms with Crippen LogP contribution in [0.1, 0.15) is 27.0 Å². The van der Waals surface area contributed by atoms with E-state index in [4.69, 9.17) is 10.00 Å². The molecule has 0 aromatic heterocycles. The zero-order valence-electron chi connectivity index (χ0n) is 17.5. The number of aromatic carboxylic acids is 1. The predicted octanol–water partition coefficient (Wildman–Crippen LogP) is 1.32. The number of β-amino-alcohol motifs (C(OH)–C–C–N with tert-alkyl or cyclic N) is 1. The molecule has 0 bridgehead atoms. The highest BCUT2D eigenvalue weighted by Crippen LogP contribution is 2.35. The Hall–Kier alpha value is -3.69. The Bertz CT molecular complexity index is 1370. The summed E-state index contributed by atoms with van der Waals surface area (Å²) in [7, 11) is -4.65. The van der Waals surface area contributed by atoms with Gasteiger partial charge in [-0.3, -0.25) is 0 Å². The van der Waals surface area contributed by atoms with Gasteiger partial charge in [0.2, 0.25) is 10.0 Å². The molecule has 2 aromatic rings. The molecule has 1 heterocycles. The lowest BCUT2D eigenvalue weighted by Crippen LogP contribution is -2.48. The maximum absolute atomic E-state index is 13.2. The zero-order valence-corrected chi connectivity index (χ0v) is 18.3. The van der Waals surface area contributed by atoms with E-state index in [0.29, 0.717) is 22.5 Å². The van der Waals surface area contributed by atoms with Crippen molar-refractivity contribution in [1.29, 1.82) is 10.5 Å². The lowest BCUT2D eigenvalue weighted by Gasteiger charge is -2.27. The van der Waals surface area contributed by atoms with Gasteiger partial charge in [0, 0.05) is 6.54 Å². The molecule has 0 saturated carbocycles. The van der Waals surface area contributed by atoms with Crippen molar-refractivity contribution in [3.05, 3.63) is 58.7 Å². The number of nitriles is 2. The molecule has 14 heteroatoms. The summed E-state index contributed by atoms with van der Waals surface area (Å²) >= 11 is 0. The van der Waals surface area contributed by atoms with Gasteiger partial charge in [0.15, 0.2) is 0 Å². The second-order valence-corrected chi connectivity index (χ2v) is 9.52. The van der Waals surface area contributed by atoms with Crippen molar-refractivity contribution in [2.24, 2.45) is 0 Å². The van der Waals surface area contributed by atoms with E-state index in [-0.39, 0.29) is 11.3 Å². The van der Waals surface area contributed by atoms with Gasteiger partial charge in [0.25, 0.3) is 0 Å². The number of nitrogens with zero attached hydrogens (tertiary/aromatic N) is 3. The summed E-state index contributed by atoms with van der Waals surface area (Å²) in [5.74, 6) is -1.80. The quantitative estimate of drug-likeness (QED) is 0.517. The number of sulfonamides is 1. The Balaban J connectivity index is 1.98. The molecule has 1 fully saturated rings. The molecule has 0 unspecified atom stereocenters. The van der Waals surface area contributed by atoms with Crippen LogP contribution < -0.4 is 4.74 Å². The second-order valence-electron chi connectivity index (χ2n) is 7.61. The Kier molecular flexibility index (Phi) is 6.79. The lowest BCUT2D eigenvalue weighted by molar-refractivity contribution is -0.137. The molecule has 3 N–H and O–H groups in total. The minimum Gasteiger partial charge on any atom is -0.485 e. The first-order valence-corrected chi connectivity index (χ1v) is 11.1. The van der Waals surface area contributed by atoms with Crippen molar-refractivity contribution in [3.63, 3.8) is 0 Å². The van der Waals surface area contributed by atoms with E-state index in [9.17, 15) is 47.0 Å². The van der Waals surface area contributed by atoms with Gasteiger partial charge >= 0.3 is 12.1 Å². The van der Waals surface area contributed by atoms with Crippen LogP contribution in [-0.4, -0.2) is 65.4 Å². The number of hydrogen-bond acceptors (Lipinski definition) is 8. The Morgan fingerprint density at radius 1 is 1.20 bits per heavy atom. The first kappa shape index (κ1) is 25.9. The van der Waals surface area contributed by atoms with Crippen molar-refractivity contribution in [1.82, 2.24) is 4.31 Å². The number of aliphatic hydroxyl groups is 2. The molecule has 3 rings (SSSR count). The summed E-state index contributed by atoms with van der Waals surface area (Å²) in [6.07, 6.45) is -6.33. The molecule has 1 saturated heterocycles. The highest BCUT2D eigenvalue weighted by Gasteiger charge is 2.51. The first-order chi connectivity index (χ1) is 16.3. The van der Waals surface area contributed by atoms with Crippen LogP contribution in [0, 0.1) is 22.7 Å². The maximum Gasteiger partial charge on any atom is 0.416 e. The molecule has 0 spiro atoms. The maximum atomic E-state index is 13.2. The van der Waals surface area contributed by atoms with E-state index >= 15 is 0 Å². The summed E-state index contributed by atoms with van der Waals surface area (Å²) in [4.78, 5) is 10.8. The van der Waals surface area contributed by atoms with E-state index in [1.54, 1.807) is 6.07 Å². The fraction of sp³-hybridized carbons (Fsp3) is 0.286. The third-order valence-corrected chi connectivity index (χ3v) is 7.22. The topological polar surface area (TPSA) is 172 Å². The second kappa shape index (κ2) is 9.16. The van der Waals surface area contributed by atoms with Crippen molar-refractivity contribution in [3.8, 4) is 17.9 Å². The number of benzene rings is 2. The standard InChI is InChI=1S/C21H16F3N3O7S/c22-21(23,24)14-2-4-17(13(6-14)8-26)35(32,33)27-9-18(20(31,10-27)11-28)34-16-3-1-12(7-25)5-15(16)19(29)30/h1-6,18,28,31H,9-11H2,(H,29,30)/t18-,20+/m0/s1. The van der Waals surface area contributed by atoms with Crippen LogP contribution in [0.15, 0.2) is 41.3 Å². The van der Waals surface area contributed by atoms with Crippen LogP contribution in [0.3, 0.4) is 0 Å². The summed E-state index contributed by atoms with van der Waals surface area (Å²) in [5, 5.41) is 48.1. The molecule has 0 radical (unpaired) electrons. The minimum atomic E-state index is -4.82. The number of hydrogen-bond donors (Lipinski definition) is 3. The summed E-state index contributed by atoms with van der Waals surface area (Å²) in [5.41, 5.74) is -4.70. The number of halogens is 3. The van der Waals surface area contributed by atoms with Gasteiger partial charge in [-0.05, 0) is 36.4 Å². The molecule has 0 amide bonds. The third-order valence-electron chi connectivity index (χ3n) is 5.35. The first-order valence-electron chi connectivity index (χ1n) is 9.65. The van der Waals surface area contributed by atoms with Crippen molar-refractivity contribution in [2.75, 3.05) is 19.7 Å². The van der Waals surface area contributed by atoms with E-state index in [1.165, 1.54) is 12.1 Å². The largest absolute Gasteiger partial charge is 0.485 e. The summed E-state index contributed by atoms with van der Waals surface area (Å²) < 4.78 is 71.4. The van der Waals surface area contributed by atoms with Gasteiger partial charge in [0.05, 0.1) is 40.8 Å². The van der Waals surface area contributed by atoms with Gasteiger partial charge < -0.3 is 20.1 Å². The average molecular weight is 511 g/mol. The molecule has 1 aliphatic heterocycles. The highest BCUT2D eigenvalue weighted by atomic mass is 32.2. The molecular formula is C21H16F3N3O7S. The van der Waals surface area contributed by atoms with Crippen LogP contribution in [0.2, 0.25) is 0 Å². The smallest absolute Gasteiger partial charge is 0.416 e. The van der Waals surface area contributed by atoms with Crippen LogP contribution in [0.4, 0.5) is 13.2 Å². The molecule has 35 heavy (non-hydrogen) atoms. The number of ether oxygens (including phenoxy) is 1. The van der Waals surface area contributed by atoms with Gasteiger partial charge in [-0.1, -0.05) is 0 Å². The van der Waals surface area contributed by atoms with E-state index < -0.39 is 75.2 Å². The van der Waals surface area contributed by atoms with Gasteiger partial charge in [-0.25, -0.2) is 13.2 Å². The molecule has 1 aliphatic rings. The summed E-state index contributed by atoms with van der Waals surface area (Å²) in [6.45, 7) is -2.41. The van der Waals surface area contributed by atoms with Gasteiger partial charge in [0.1, 0.15) is 29.1 Å². The molecule has 2 aromatic carbocycles. The van der Waals surface area contributed by atoms with Crippen molar-refractivity contribution < 1.29 is 46.4 Å². The zero-order chi connectivity index (χ0) is 26.2. The average Bonchev–Trinajstić information content (AvgIpc) is 3.15. The molecular weight excluding hydrogens is 495 g/mol. The SMILES string of the molecule is N#Cc1ccc(O[C@H]2CN(S(=O)(=O)c3ccc(C(F)(F)F)cc3C#N)C[C@@]2(O)CO)c(C(=O)O)c1. The Morgan fingerprint density at radius 2 is 1.89 bits per heavy atom. The number of rotatable bonds is 6. The minimum absolute atomic E-state index is 0.00543. The third kappa shape index (κ3) is 4.91. The molecule has 10 nitrogen and oxygen atoms in total. The normalized spacial score (nSPS) is 20.7.